The van der Waals surface area contributed by atoms with Gasteiger partial charge in [-0.2, -0.15) is 0 Å². The standard InChI is InChI=1S/C29H44NO3/c1-5-6-7-8-9-13-18-27-19-14-15-20-28(27)32-21-22-33-29(31)25(2)23-30(3,4)24-26-16-11-10-12-17-26/h10-12,14-17,19-20,25H,5-9,13,18,21-24H2,1-4H3/q+1. The number of hydrogen-bond donors (Lipinski definition) is 0. The van der Waals surface area contributed by atoms with Gasteiger partial charge in [-0.3, -0.25) is 4.79 Å². The zero-order chi connectivity index (χ0) is 23.9. The van der Waals surface area contributed by atoms with Crippen LogP contribution in [0.25, 0.3) is 0 Å². The number of benzene rings is 2. The zero-order valence-electron chi connectivity index (χ0n) is 21.2. The average Bonchev–Trinajstić information content (AvgIpc) is 2.79. The van der Waals surface area contributed by atoms with Crippen LogP contribution in [0.15, 0.2) is 54.6 Å². The predicted octanol–water partition coefficient (Wildman–Crippen LogP) is 6.42. The molecule has 0 spiro atoms. The molecular weight excluding hydrogens is 410 g/mol. The maximum atomic E-state index is 12.5. The van der Waals surface area contributed by atoms with Crippen LogP contribution in [-0.4, -0.2) is 44.3 Å². The van der Waals surface area contributed by atoms with E-state index in [0.717, 1.165) is 29.7 Å². The van der Waals surface area contributed by atoms with Gasteiger partial charge in [0.1, 0.15) is 31.4 Å². The van der Waals surface area contributed by atoms with Crippen molar-refractivity contribution in [1.82, 2.24) is 0 Å². The van der Waals surface area contributed by atoms with Gasteiger partial charge in [0.15, 0.2) is 0 Å². The van der Waals surface area contributed by atoms with Crippen molar-refractivity contribution in [2.24, 2.45) is 5.92 Å². The van der Waals surface area contributed by atoms with E-state index in [4.69, 9.17) is 9.47 Å². The molecule has 0 aliphatic carbocycles. The number of para-hydroxylation sites is 1. The summed E-state index contributed by atoms with van der Waals surface area (Å²) in [6.07, 6.45) is 8.75. The highest BCUT2D eigenvalue weighted by Crippen LogP contribution is 2.21. The van der Waals surface area contributed by atoms with Crippen molar-refractivity contribution in [3.8, 4) is 5.75 Å². The van der Waals surface area contributed by atoms with E-state index in [1.807, 2.05) is 25.1 Å². The minimum atomic E-state index is -0.163. The smallest absolute Gasteiger partial charge is 0.314 e. The molecule has 1 unspecified atom stereocenters. The fourth-order valence-corrected chi connectivity index (χ4v) is 4.34. The van der Waals surface area contributed by atoms with Gasteiger partial charge in [0.25, 0.3) is 0 Å². The van der Waals surface area contributed by atoms with Crippen LogP contribution in [0.4, 0.5) is 0 Å². The van der Waals surface area contributed by atoms with Gasteiger partial charge in [-0.05, 0) is 31.4 Å². The number of nitrogens with zero attached hydrogens (tertiary/aromatic N) is 1. The van der Waals surface area contributed by atoms with Gasteiger partial charge < -0.3 is 14.0 Å². The Morgan fingerprint density at radius 1 is 0.879 bits per heavy atom. The molecule has 2 aromatic rings. The maximum Gasteiger partial charge on any atom is 0.314 e. The second-order valence-corrected chi connectivity index (χ2v) is 9.80. The van der Waals surface area contributed by atoms with Crippen LogP contribution in [0.1, 0.15) is 63.5 Å². The van der Waals surface area contributed by atoms with Crippen molar-refractivity contribution in [2.75, 3.05) is 33.9 Å². The lowest BCUT2D eigenvalue weighted by molar-refractivity contribution is -0.905. The van der Waals surface area contributed by atoms with Gasteiger partial charge in [-0.15, -0.1) is 0 Å². The Kier molecular flexibility index (Phi) is 12.0. The number of aryl methyl sites for hydroxylation is 1. The van der Waals surface area contributed by atoms with Crippen molar-refractivity contribution in [3.05, 3.63) is 65.7 Å². The molecule has 2 aromatic carbocycles. The molecule has 0 aliphatic heterocycles. The van der Waals surface area contributed by atoms with Gasteiger partial charge in [-0.25, -0.2) is 0 Å². The number of esters is 1. The lowest BCUT2D eigenvalue weighted by atomic mass is 10.0. The Hall–Kier alpha value is -2.33. The molecule has 33 heavy (non-hydrogen) atoms. The molecule has 0 fully saturated rings. The molecule has 2 rings (SSSR count). The summed E-state index contributed by atoms with van der Waals surface area (Å²) in [6.45, 7) is 6.48. The lowest BCUT2D eigenvalue weighted by Crippen LogP contribution is -2.44. The summed E-state index contributed by atoms with van der Waals surface area (Å²) in [6, 6.07) is 18.6. The minimum absolute atomic E-state index is 0.154. The molecule has 0 aromatic heterocycles. The molecule has 182 valence electrons. The quantitative estimate of drug-likeness (QED) is 0.167. The fourth-order valence-electron chi connectivity index (χ4n) is 4.34. The van der Waals surface area contributed by atoms with Crippen molar-refractivity contribution in [2.45, 2.75) is 65.3 Å². The Balaban J connectivity index is 1.69. The van der Waals surface area contributed by atoms with E-state index in [0.29, 0.717) is 6.61 Å². The highest BCUT2D eigenvalue weighted by atomic mass is 16.6. The van der Waals surface area contributed by atoms with Crippen molar-refractivity contribution in [3.63, 3.8) is 0 Å². The molecule has 0 heterocycles. The number of hydrogen-bond acceptors (Lipinski definition) is 3. The topological polar surface area (TPSA) is 35.5 Å². The van der Waals surface area contributed by atoms with Gasteiger partial charge in [0, 0.05) is 5.56 Å². The first-order valence-electron chi connectivity index (χ1n) is 12.6. The summed E-state index contributed by atoms with van der Waals surface area (Å²) < 4.78 is 12.2. The molecule has 4 heteroatoms. The first-order chi connectivity index (χ1) is 15.9. The highest BCUT2D eigenvalue weighted by Gasteiger charge is 2.25. The van der Waals surface area contributed by atoms with Crippen molar-refractivity contribution in [1.29, 1.82) is 0 Å². The molecule has 0 aliphatic rings. The van der Waals surface area contributed by atoms with Crippen LogP contribution in [0, 0.1) is 5.92 Å². The molecule has 4 nitrogen and oxygen atoms in total. The van der Waals surface area contributed by atoms with Crippen LogP contribution in [-0.2, 0) is 22.5 Å². The van der Waals surface area contributed by atoms with Crippen LogP contribution < -0.4 is 4.74 Å². The molecule has 0 N–H and O–H groups in total. The van der Waals surface area contributed by atoms with E-state index < -0.39 is 0 Å². The Morgan fingerprint density at radius 2 is 1.55 bits per heavy atom. The third-order valence-electron chi connectivity index (χ3n) is 5.98. The van der Waals surface area contributed by atoms with E-state index in [-0.39, 0.29) is 18.5 Å². The third kappa shape index (κ3) is 10.9. The van der Waals surface area contributed by atoms with Crippen molar-refractivity contribution < 1.29 is 18.8 Å². The van der Waals surface area contributed by atoms with E-state index >= 15 is 0 Å². The summed E-state index contributed by atoms with van der Waals surface area (Å²) in [4.78, 5) is 12.5. The first kappa shape index (κ1) is 26.9. The Bertz CT molecular complexity index is 804. The van der Waals surface area contributed by atoms with Crippen LogP contribution in [0.2, 0.25) is 0 Å². The predicted molar refractivity (Wildman–Crippen MR) is 136 cm³/mol. The molecule has 0 amide bonds. The van der Waals surface area contributed by atoms with Gasteiger partial charge in [0.05, 0.1) is 20.6 Å². The van der Waals surface area contributed by atoms with E-state index in [9.17, 15) is 4.79 Å². The Morgan fingerprint density at radius 3 is 2.30 bits per heavy atom. The number of carbonyl (C=O) groups excluding carboxylic acids is 1. The van der Waals surface area contributed by atoms with Crippen LogP contribution in [0.5, 0.6) is 5.75 Å². The third-order valence-corrected chi connectivity index (χ3v) is 5.98. The normalized spacial score (nSPS) is 12.4. The summed E-state index contributed by atoms with van der Waals surface area (Å²) >= 11 is 0. The van der Waals surface area contributed by atoms with E-state index in [1.165, 1.54) is 49.7 Å². The van der Waals surface area contributed by atoms with Crippen LogP contribution >= 0.6 is 0 Å². The van der Waals surface area contributed by atoms with Gasteiger partial charge >= 0.3 is 5.97 Å². The number of quaternary nitrogens is 1. The molecule has 0 bridgehead atoms. The van der Waals surface area contributed by atoms with E-state index in [1.54, 1.807) is 0 Å². The molecule has 1 atom stereocenters. The van der Waals surface area contributed by atoms with Gasteiger partial charge in [-0.1, -0.05) is 87.6 Å². The molecule has 0 saturated carbocycles. The molecule has 0 saturated heterocycles. The van der Waals surface area contributed by atoms with Crippen molar-refractivity contribution >= 4 is 5.97 Å². The average molecular weight is 455 g/mol. The largest absolute Gasteiger partial charge is 0.490 e. The summed E-state index contributed by atoms with van der Waals surface area (Å²) in [5.74, 6) is 0.595. The first-order valence-corrected chi connectivity index (χ1v) is 12.6. The monoisotopic (exact) mass is 454 g/mol. The minimum Gasteiger partial charge on any atom is -0.490 e. The SMILES string of the molecule is CCCCCCCCc1ccccc1OCCOC(=O)C(C)C[N+](C)(C)Cc1ccccc1. The number of carbonyl (C=O) groups is 1. The number of unbranched alkanes of at least 4 members (excludes halogenated alkanes) is 5. The molecular formula is C29H44NO3+. The highest BCUT2D eigenvalue weighted by molar-refractivity contribution is 5.72. The second-order valence-electron chi connectivity index (χ2n) is 9.80. The maximum absolute atomic E-state index is 12.5. The van der Waals surface area contributed by atoms with Crippen LogP contribution in [0.3, 0.4) is 0 Å². The summed E-state index contributed by atoms with van der Waals surface area (Å²) in [7, 11) is 4.31. The summed E-state index contributed by atoms with van der Waals surface area (Å²) in [5.41, 5.74) is 2.52. The lowest BCUT2D eigenvalue weighted by Gasteiger charge is -2.31. The number of ether oxygens (including phenoxy) is 2. The van der Waals surface area contributed by atoms with Gasteiger partial charge in [0.2, 0.25) is 0 Å². The second kappa shape index (κ2) is 14.7. The number of rotatable bonds is 16. The zero-order valence-corrected chi connectivity index (χ0v) is 21.2. The molecule has 0 radical (unpaired) electrons. The Labute approximate surface area is 201 Å². The summed E-state index contributed by atoms with van der Waals surface area (Å²) in [5, 5.41) is 0. The fraction of sp³-hybridized carbons (Fsp3) is 0.552. The van der Waals surface area contributed by atoms with E-state index in [2.05, 4.69) is 57.4 Å².